The van der Waals surface area contributed by atoms with Crippen LogP contribution in [0, 0.1) is 3.57 Å². The van der Waals surface area contributed by atoms with E-state index >= 15 is 0 Å². The van der Waals surface area contributed by atoms with Crippen LogP contribution in [0.2, 0.25) is 0 Å². The van der Waals surface area contributed by atoms with Gasteiger partial charge in [-0.2, -0.15) is 26.3 Å². The van der Waals surface area contributed by atoms with Crippen LogP contribution in [-0.4, -0.2) is 5.24 Å². The average Bonchev–Trinajstić information content (AvgIpc) is 2.13. The van der Waals surface area contributed by atoms with E-state index in [0.717, 1.165) is 22.6 Å². The Balaban J connectivity index is 3.64. The summed E-state index contributed by atoms with van der Waals surface area (Å²) in [5.74, 6) is 0. The Labute approximate surface area is 115 Å². The Morgan fingerprint density at radius 3 is 1.56 bits per heavy atom. The van der Waals surface area contributed by atoms with Crippen molar-refractivity contribution in [3.8, 4) is 0 Å². The quantitative estimate of drug-likeness (QED) is 0.378. The van der Waals surface area contributed by atoms with Crippen LogP contribution >= 0.6 is 34.2 Å². The predicted octanol–water partition coefficient (Wildman–Crippen LogP) is 4.71. The van der Waals surface area contributed by atoms with Crippen molar-refractivity contribution in [1.82, 2.24) is 0 Å². The normalized spacial score (nSPS) is 12.7. The van der Waals surface area contributed by atoms with Gasteiger partial charge in [0.15, 0.2) is 0 Å². The van der Waals surface area contributed by atoms with Gasteiger partial charge in [-0.25, -0.2) is 0 Å². The zero-order valence-electron chi connectivity index (χ0n) is 8.09. The molecule has 0 bridgehead atoms. The molecule has 0 saturated heterocycles. The third kappa shape index (κ3) is 3.28. The Morgan fingerprint density at radius 1 is 1.00 bits per heavy atom. The first-order valence-corrected chi connectivity index (χ1v) is 5.58. The van der Waals surface area contributed by atoms with Crippen molar-refractivity contribution in [2.45, 2.75) is 12.4 Å². The zero-order chi connectivity index (χ0) is 14.3. The van der Waals surface area contributed by atoms with Crippen LogP contribution in [0.3, 0.4) is 0 Å². The van der Waals surface area contributed by atoms with Gasteiger partial charge in [0, 0.05) is 9.13 Å². The molecule has 0 fully saturated rings. The molecule has 0 N–H and O–H groups in total. The molecule has 9 heteroatoms. The molecule has 100 valence electrons. The summed E-state index contributed by atoms with van der Waals surface area (Å²) in [5.41, 5.74) is -3.93. The highest BCUT2D eigenvalue weighted by molar-refractivity contribution is 14.1. The minimum atomic E-state index is -5.00. The van der Waals surface area contributed by atoms with Gasteiger partial charge in [-0.1, -0.05) is 0 Å². The fraction of sp³-hybridized carbons (Fsp3) is 0.222. The van der Waals surface area contributed by atoms with Crippen LogP contribution in [0.25, 0.3) is 0 Å². The van der Waals surface area contributed by atoms with Crippen LogP contribution < -0.4 is 0 Å². The Kier molecular flexibility index (Phi) is 4.21. The summed E-state index contributed by atoms with van der Waals surface area (Å²) in [6, 6.07) is 0.596. The first-order chi connectivity index (χ1) is 7.94. The third-order valence-corrected chi connectivity index (χ3v) is 3.29. The molecule has 0 unspecified atom stereocenters. The van der Waals surface area contributed by atoms with E-state index in [9.17, 15) is 31.1 Å². The molecule has 1 nitrogen and oxygen atoms in total. The molecule has 0 saturated carbocycles. The maximum Gasteiger partial charge on any atom is 0.417 e. The van der Waals surface area contributed by atoms with Crippen molar-refractivity contribution in [2.24, 2.45) is 0 Å². The molecule has 1 aromatic rings. The van der Waals surface area contributed by atoms with Gasteiger partial charge >= 0.3 is 12.4 Å². The lowest BCUT2D eigenvalue weighted by Gasteiger charge is -2.16. The second-order valence-electron chi connectivity index (χ2n) is 3.15. The smallest absolute Gasteiger partial charge is 0.276 e. The average molecular weight is 402 g/mol. The highest BCUT2D eigenvalue weighted by Gasteiger charge is 2.41. The standard InChI is InChI=1S/C9H2ClF6IO/c10-7(18)3-1-4(8(11,12)13)6(17)5(2-3)9(14,15)16/h1-2H. The summed E-state index contributed by atoms with van der Waals surface area (Å²) in [4.78, 5) is 10.7. The number of alkyl halides is 6. The van der Waals surface area contributed by atoms with Crippen molar-refractivity contribution in [2.75, 3.05) is 0 Å². The fourth-order valence-corrected chi connectivity index (χ4v) is 2.18. The number of hydrogen-bond acceptors (Lipinski definition) is 1. The molecule has 0 aliphatic rings. The van der Waals surface area contributed by atoms with Gasteiger partial charge in [0.1, 0.15) is 0 Å². The topological polar surface area (TPSA) is 17.1 Å². The second-order valence-corrected chi connectivity index (χ2v) is 4.58. The van der Waals surface area contributed by atoms with Gasteiger partial charge in [-0.15, -0.1) is 0 Å². The third-order valence-electron chi connectivity index (χ3n) is 1.91. The fourth-order valence-electron chi connectivity index (χ4n) is 1.15. The first-order valence-electron chi connectivity index (χ1n) is 4.12. The van der Waals surface area contributed by atoms with Gasteiger partial charge < -0.3 is 0 Å². The molecule has 18 heavy (non-hydrogen) atoms. The Morgan fingerprint density at radius 2 is 1.33 bits per heavy atom. The van der Waals surface area contributed by atoms with E-state index in [-0.39, 0.29) is 0 Å². The highest BCUT2D eigenvalue weighted by Crippen LogP contribution is 2.41. The van der Waals surface area contributed by atoms with Crippen molar-refractivity contribution in [3.63, 3.8) is 0 Å². The van der Waals surface area contributed by atoms with Crippen molar-refractivity contribution < 1.29 is 31.1 Å². The second kappa shape index (κ2) is 4.87. The van der Waals surface area contributed by atoms with E-state index in [1.807, 2.05) is 0 Å². The molecule has 0 spiro atoms. The Bertz CT molecular complexity index is 458. The maximum absolute atomic E-state index is 12.5. The zero-order valence-corrected chi connectivity index (χ0v) is 11.0. The van der Waals surface area contributed by atoms with Gasteiger partial charge in [-0.05, 0) is 46.3 Å². The number of carbonyl (C=O) groups excluding carboxylic acids is 1. The van der Waals surface area contributed by atoms with E-state index in [0.29, 0.717) is 12.1 Å². The van der Waals surface area contributed by atoms with Crippen LogP contribution in [0.1, 0.15) is 21.5 Å². The lowest BCUT2D eigenvalue weighted by molar-refractivity contribution is -0.144. The molecule has 0 aliphatic heterocycles. The maximum atomic E-state index is 12.5. The predicted molar refractivity (Wildman–Crippen MR) is 59.3 cm³/mol. The molecule has 0 aliphatic carbocycles. The largest absolute Gasteiger partial charge is 0.417 e. The molecular weight excluding hydrogens is 400 g/mol. The van der Waals surface area contributed by atoms with Crippen LogP contribution in [0.15, 0.2) is 12.1 Å². The molecular formula is C9H2ClF6IO. The number of hydrogen-bond donors (Lipinski definition) is 0. The minimum Gasteiger partial charge on any atom is -0.276 e. The molecule has 0 heterocycles. The molecule has 1 aromatic carbocycles. The minimum absolute atomic E-state index is 0.298. The highest BCUT2D eigenvalue weighted by atomic mass is 127. The summed E-state index contributed by atoms with van der Waals surface area (Å²) < 4.78 is 74.2. The number of benzene rings is 1. The van der Waals surface area contributed by atoms with E-state index in [1.165, 1.54) is 0 Å². The molecule has 0 radical (unpaired) electrons. The monoisotopic (exact) mass is 402 g/mol. The molecule has 0 amide bonds. The van der Waals surface area contributed by atoms with E-state index in [2.05, 4.69) is 0 Å². The lowest BCUT2D eigenvalue weighted by Crippen LogP contribution is -2.16. The van der Waals surface area contributed by atoms with Crippen LogP contribution in [0.4, 0.5) is 26.3 Å². The molecule has 1 rings (SSSR count). The summed E-state index contributed by atoms with van der Waals surface area (Å²) >= 11 is 5.86. The summed E-state index contributed by atoms with van der Waals surface area (Å²) in [6.07, 6.45) is -10.0. The molecule has 0 aromatic heterocycles. The summed E-state index contributed by atoms with van der Waals surface area (Å²) in [5, 5.41) is -1.39. The number of carbonyl (C=O) groups is 1. The lowest BCUT2D eigenvalue weighted by atomic mass is 10.1. The first kappa shape index (κ1) is 15.5. The number of rotatable bonds is 1. The molecule has 0 atom stereocenters. The van der Waals surface area contributed by atoms with Crippen molar-refractivity contribution >= 4 is 39.4 Å². The van der Waals surface area contributed by atoms with Crippen molar-refractivity contribution in [1.29, 1.82) is 0 Å². The summed E-state index contributed by atoms with van der Waals surface area (Å²) in [6.45, 7) is 0. The number of halogens is 8. The van der Waals surface area contributed by atoms with Gasteiger partial charge in [0.05, 0.1) is 11.1 Å². The van der Waals surface area contributed by atoms with E-state index in [4.69, 9.17) is 11.6 Å². The Hall–Kier alpha value is -0.510. The van der Waals surface area contributed by atoms with Crippen LogP contribution in [0.5, 0.6) is 0 Å². The van der Waals surface area contributed by atoms with Gasteiger partial charge in [0.25, 0.3) is 5.24 Å². The van der Waals surface area contributed by atoms with Gasteiger partial charge in [-0.3, -0.25) is 4.79 Å². The SMILES string of the molecule is O=C(Cl)c1cc(C(F)(F)F)c(I)c(C(F)(F)F)c1. The van der Waals surface area contributed by atoms with E-state index < -0.39 is 37.9 Å². The summed E-state index contributed by atoms with van der Waals surface area (Å²) in [7, 11) is 0. The van der Waals surface area contributed by atoms with E-state index in [1.54, 1.807) is 0 Å². The van der Waals surface area contributed by atoms with Crippen LogP contribution in [-0.2, 0) is 12.4 Å². The van der Waals surface area contributed by atoms with Gasteiger partial charge in [0.2, 0.25) is 0 Å². The van der Waals surface area contributed by atoms with Crippen molar-refractivity contribution in [3.05, 3.63) is 32.4 Å².